The summed E-state index contributed by atoms with van der Waals surface area (Å²) in [5, 5.41) is 10.8. The first-order valence-corrected chi connectivity index (χ1v) is 15.9. The summed E-state index contributed by atoms with van der Waals surface area (Å²) < 4.78 is 5.22. The van der Waals surface area contributed by atoms with E-state index < -0.39 is 23.9 Å². The average Bonchev–Trinajstić information content (AvgIpc) is 3.37. The van der Waals surface area contributed by atoms with Crippen LogP contribution in [0.25, 0.3) is 0 Å². The summed E-state index contributed by atoms with van der Waals surface area (Å²) in [5.74, 6) is -2.80. The predicted octanol–water partition coefficient (Wildman–Crippen LogP) is 1.54. The summed E-state index contributed by atoms with van der Waals surface area (Å²) in [6.07, 6.45) is 5.52. The molecule has 2 atom stereocenters. The lowest BCUT2D eigenvalue weighted by Crippen LogP contribution is -2.54. The molecular weight excluding hydrogens is 608 g/mol. The zero-order valence-electron chi connectivity index (χ0n) is 28.0. The van der Waals surface area contributed by atoms with Crippen molar-refractivity contribution >= 4 is 47.6 Å². The topological polar surface area (TPSA) is 206 Å². The molecule has 14 heteroatoms. The molecule has 1 aromatic carbocycles. The molecule has 2 unspecified atom stereocenters. The molecule has 0 bridgehead atoms. The zero-order chi connectivity index (χ0) is 35.4. The molecule has 0 saturated carbocycles. The Morgan fingerprint density at radius 3 is 2.09 bits per heavy atom. The second-order valence-electron chi connectivity index (χ2n) is 11.5. The Morgan fingerprint density at radius 2 is 1.51 bits per heavy atom. The Labute approximate surface area is 276 Å². The lowest BCUT2D eigenvalue weighted by Gasteiger charge is -2.25. The predicted molar refractivity (Wildman–Crippen MR) is 176 cm³/mol. The number of amides is 6. The van der Waals surface area contributed by atoms with Crippen molar-refractivity contribution in [3.63, 3.8) is 0 Å². The maximum absolute atomic E-state index is 13.3. The maximum atomic E-state index is 13.3. The van der Waals surface area contributed by atoms with Crippen molar-refractivity contribution < 1.29 is 38.3 Å². The Hall–Kier alpha value is -4.59. The Balaban J connectivity index is 0.00000541. The molecule has 0 fully saturated rings. The molecule has 0 radical (unpaired) electrons. The Kier molecular flexibility index (Phi) is 18.9. The summed E-state index contributed by atoms with van der Waals surface area (Å²) in [5.41, 5.74) is 5.73. The number of esters is 1. The van der Waals surface area contributed by atoms with Gasteiger partial charge >= 0.3 is 5.97 Å². The first kappa shape index (κ1) is 40.4. The standard InChI is InChI=1S/C32H45N5O8.CH5N/c1-21(2)29(36-26(39)10-6-5-7-18-37-27(40)15-16-28(37)41)31(43)35-25(9-8-17-33-20-38)30(42)34-24-13-11-23(12-14-24)19-45-32(44)22(3)4;1-2/h11-16,20-22,25,29H,5-10,17-19H2,1-4H3,(H,33,38)(H,34,42)(H,35,43)(H,36,39);2H2,1H3. The van der Waals surface area contributed by atoms with Gasteiger partial charge in [-0.2, -0.15) is 0 Å². The van der Waals surface area contributed by atoms with E-state index in [1.807, 2.05) is 0 Å². The molecule has 6 N–H and O–H groups in total. The quantitative estimate of drug-likeness (QED) is 0.0595. The van der Waals surface area contributed by atoms with Crippen LogP contribution in [0.3, 0.4) is 0 Å². The normalized spacial score (nSPS) is 13.4. The van der Waals surface area contributed by atoms with E-state index in [2.05, 4.69) is 27.0 Å². The molecule has 0 spiro atoms. The van der Waals surface area contributed by atoms with Gasteiger partial charge in [-0.15, -0.1) is 0 Å². The number of unbranched alkanes of at least 4 members (excludes halogenated alkanes) is 2. The third-order valence-electron chi connectivity index (χ3n) is 7.06. The highest BCUT2D eigenvalue weighted by Crippen LogP contribution is 2.14. The smallest absolute Gasteiger partial charge is 0.308 e. The number of nitrogens with two attached hydrogens (primary N) is 1. The van der Waals surface area contributed by atoms with Crippen LogP contribution in [0.2, 0.25) is 0 Å². The molecule has 0 aliphatic carbocycles. The second kappa shape index (κ2) is 22.0. The molecule has 1 aromatic rings. The van der Waals surface area contributed by atoms with Gasteiger partial charge in [-0.25, -0.2) is 0 Å². The number of carbonyl (C=O) groups excluding carboxylic acids is 7. The number of rotatable bonds is 20. The molecule has 1 heterocycles. The van der Waals surface area contributed by atoms with Crippen LogP contribution >= 0.6 is 0 Å². The number of imide groups is 1. The third-order valence-corrected chi connectivity index (χ3v) is 7.06. The number of benzene rings is 1. The van der Waals surface area contributed by atoms with E-state index in [1.54, 1.807) is 52.0 Å². The lowest BCUT2D eigenvalue weighted by molar-refractivity contribution is -0.148. The van der Waals surface area contributed by atoms with E-state index in [-0.39, 0.29) is 61.5 Å². The Morgan fingerprint density at radius 1 is 0.872 bits per heavy atom. The second-order valence-corrected chi connectivity index (χ2v) is 11.5. The van der Waals surface area contributed by atoms with Crippen LogP contribution in [0.5, 0.6) is 0 Å². The number of nitrogens with one attached hydrogen (secondary N) is 4. The van der Waals surface area contributed by atoms with Gasteiger partial charge in [-0.3, -0.25) is 38.5 Å². The number of hydrogen-bond donors (Lipinski definition) is 5. The average molecular weight is 659 g/mol. The zero-order valence-corrected chi connectivity index (χ0v) is 28.0. The molecular formula is C33H50N6O8. The third kappa shape index (κ3) is 15.0. The van der Waals surface area contributed by atoms with Crippen molar-refractivity contribution in [3.05, 3.63) is 42.0 Å². The van der Waals surface area contributed by atoms with E-state index in [0.29, 0.717) is 44.3 Å². The first-order valence-electron chi connectivity index (χ1n) is 15.9. The van der Waals surface area contributed by atoms with Gasteiger partial charge in [0.25, 0.3) is 11.8 Å². The van der Waals surface area contributed by atoms with Crippen LogP contribution in [-0.2, 0) is 44.9 Å². The molecule has 0 saturated heterocycles. The fraction of sp³-hybridized carbons (Fsp3) is 0.545. The molecule has 260 valence electrons. The van der Waals surface area contributed by atoms with Crippen LogP contribution in [0.1, 0.15) is 71.8 Å². The first-order chi connectivity index (χ1) is 22.4. The van der Waals surface area contributed by atoms with Gasteiger partial charge in [0, 0.05) is 37.3 Å². The van der Waals surface area contributed by atoms with E-state index >= 15 is 0 Å². The van der Waals surface area contributed by atoms with Crippen LogP contribution in [0, 0.1) is 11.8 Å². The molecule has 47 heavy (non-hydrogen) atoms. The lowest BCUT2D eigenvalue weighted by atomic mass is 10.0. The van der Waals surface area contributed by atoms with E-state index in [1.165, 1.54) is 19.2 Å². The van der Waals surface area contributed by atoms with E-state index in [0.717, 1.165) is 10.5 Å². The summed E-state index contributed by atoms with van der Waals surface area (Å²) in [7, 11) is 1.50. The van der Waals surface area contributed by atoms with Crippen molar-refractivity contribution in [2.75, 3.05) is 25.5 Å². The number of nitrogens with zero attached hydrogens (tertiary/aromatic N) is 1. The minimum atomic E-state index is -0.943. The van der Waals surface area contributed by atoms with Crippen LogP contribution in [-0.4, -0.2) is 79.0 Å². The van der Waals surface area contributed by atoms with E-state index in [9.17, 15) is 33.6 Å². The number of anilines is 1. The van der Waals surface area contributed by atoms with Gasteiger partial charge in [-0.05, 0) is 56.3 Å². The molecule has 2 rings (SSSR count). The SMILES string of the molecule is CC(C)C(=O)OCc1ccc(NC(=O)C(CCCNC=O)NC(=O)C(NC(=O)CCCCCN2C(=O)C=CC2=O)C(C)C)cc1.CN. The van der Waals surface area contributed by atoms with Gasteiger partial charge < -0.3 is 31.7 Å². The summed E-state index contributed by atoms with van der Waals surface area (Å²) in [6.45, 7) is 7.76. The summed E-state index contributed by atoms with van der Waals surface area (Å²) in [4.78, 5) is 86.0. The van der Waals surface area contributed by atoms with Gasteiger partial charge in [0.15, 0.2) is 0 Å². The van der Waals surface area contributed by atoms with Crippen LogP contribution in [0.15, 0.2) is 36.4 Å². The minimum Gasteiger partial charge on any atom is -0.461 e. The van der Waals surface area contributed by atoms with Crippen LogP contribution in [0.4, 0.5) is 5.69 Å². The number of ether oxygens (including phenoxy) is 1. The van der Waals surface area contributed by atoms with Crippen molar-refractivity contribution in [1.29, 1.82) is 0 Å². The van der Waals surface area contributed by atoms with E-state index in [4.69, 9.17) is 4.74 Å². The van der Waals surface area contributed by atoms with Crippen molar-refractivity contribution in [3.8, 4) is 0 Å². The van der Waals surface area contributed by atoms with Gasteiger partial charge in [0.05, 0.1) is 5.92 Å². The maximum Gasteiger partial charge on any atom is 0.308 e. The van der Waals surface area contributed by atoms with Crippen LogP contribution < -0.4 is 27.0 Å². The highest BCUT2D eigenvalue weighted by Gasteiger charge is 2.29. The largest absolute Gasteiger partial charge is 0.461 e. The molecule has 0 aromatic heterocycles. The highest BCUT2D eigenvalue weighted by molar-refractivity contribution is 6.12. The van der Waals surface area contributed by atoms with Crippen molar-refractivity contribution in [2.24, 2.45) is 17.6 Å². The van der Waals surface area contributed by atoms with Crippen molar-refractivity contribution in [2.45, 2.75) is 84.9 Å². The minimum absolute atomic E-state index is 0.105. The summed E-state index contributed by atoms with van der Waals surface area (Å²) >= 11 is 0. The molecule has 1 aliphatic heterocycles. The number of hydrogen-bond acceptors (Lipinski definition) is 9. The monoisotopic (exact) mass is 658 g/mol. The molecule has 6 amide bonds. The number of carbonyl (C=O) groups is 7. The fourth-order valence-corrected chi connectivity index (χ4v) is 4.40. The molecule has 1 aliphatic rings. The molecule has 14 nitrogen and oxygen atoms in total. The Bertz CT molecular complexity index is 1210. The van der Waals surface area contributed by atoms with Gasteiger partial charge in [0.1, 0.15) is 18.7 Å². The fourth-order valence-electron chi connectivity index (χ4n) is 4.40. The van der Waals surface area contributed by atoms with Gasteiger partial charge in [-0.1, -0.05) is 46.2 Å². The van der Waals surface area contributed by atoms with Gasteiger partial charge in [0.2, 0.25) is 24.1 Å². The van der Waals surface area contributed by atoms with Crippen molar-refractivity contribution in [1.82, 2.24) is 20.9 Å². The highest BCUT2D eigenvalue weighted by atomic mass is 16.5. The summed E-state index contributed by atoms with van der Waals surface area (Å²) in [6, 6.07) is 4.94.